The Labute approximate surface area is 225 Å². The highest BCUT2D eigenvalue weighted by Gasteiger charge is 2.04. The zero-order chi connectivity index (χ0) is 25.4. The number of fused-ring (bicyclic) bond motifs is 2. The Kier molecular flexibility index (Phi) is 11.9. The lowest BCUT2D eigenvalue weighted by atomic mass is 10.0. The molecule has 0 aliphatic heterocycles. The summed E-state index contributed by atoms with van der Waals surface area (Å²) in [6.45, 7) is 2.29. The van der Waals surface area contributed by atoms with Crippen molar-refractivity contribution in [1.82, 2.24) is 0 Å². The van der Waals surface area contributed by atoms with Gasteiger partial charge < -0.3 is 0 Å². The van der Waals surface area contributed by atoms with E-state index in [1.807, 2.05) is 0 Å². The molecular weight excluding hydrogens is 448 g/mol. The number of nitrogens with zero attached hydrogens (tertiary/aromatic N) is 2. The number of rotatable bonds is 18. The van der Waals surface area contributed by atoms with Crippen LogP contribution in [0.1, 0.15) is 96.3 Å². The molecule has 0 amide bonds. The maximum Gasteiger partial charge on any atom is 0.176 e. The summed E-state index contributed by atoms with van der Waals surface area (Å²) >= 11 is 0. The van der Waals surface area contributed by atoms with Crippen LogP contribution >= 0.6 is 0 Å². The van der Waals surface area contributed by atoms with Crippen LogP contribution in [0.25, 0.3) is 21.5 Å². The van der Waals surface area contributed by atoms with Crippen molar-refractivity contribution in [2.75, 3.05) is 0 Å². The van der Waals surface area contributed by atoms with E-state index < -0.39 is 0 Å². The normalized spacial score (nSPS) is 11.5. The fourth-order valence-electron chi connectivity index (χ4n) is 5.52. The molecule has 0 aliphatic carbocycles. The predicted octanol–water partition coefficient (Wildman–Crippen LogP) is 9.12. The van der Waals surface area contributed by atoms with Crippen molar-refractivity contribution in [1.29, 1.82) is 0 Å². The average Bonchev–Trinajstić information content (AvgIpc) is 2.94. The molecule has 196 valence electrons. The van der Waals surface area contributed by atoms with Gasteiger partial charge in [0, 0.05) is 35.7 Å². The molecular formula is C35H48N2+2. The van der Waals surface area contributed by atoms with Crippen LogP contribution in [0, 0.1) is 0 Å². The second-order valence-electron chi connectivity index (χ2n) is 10.9. The quantitative estimate of drug-likeness (QED) is 0.0958. The number of aryl methyl sites for hydroxylation is 2. The van der Waals surface area contributed by atoms with Crippen molar-refractivity contribution in [3.05, 3.63) is 85.5 Å². The smallest absolute Gasteiger partial charge is 0.176 e. The van der Waals surface area contributed by atoms with E-state index in [1.165, 1.54) is 118 Å². The van der Waals surface area contributed by atoms with E-state index >= 15 is 0 Å². The first-order valence-corrected chi connectivity index (χ1v) is 15.1. The molecule has 2 heterocycles. The van der Waals surface area contributed by atoms with Crippen LogP contribution in [0.2, 0.25) is 0 Å². The van der Waals surface area contributed by atoms with Gasteiger partial charge in [0.2, 0.25) is 0 Å². The summed E-state index contributed by atoms with van der Waals surface area (Å²) in [7, 11) is 0. The van der Waals surface area contributed by atoms with Crippen molar-refractivity contribution in [3.8, 4) is 0 Å². The Morgan fingerprint density at radius 3 is 0.973 bits per heavy atom. The Balaban J connectivity index is 0.896. The number of aromatic nitrogens is 2. The van der Waals surface area contributed by atoms with Gasteiger partial charge in [0.25, 0.3) is 0 Å². The van der Waals surface area contributed by atoms with Gasteiger partial charge in [0.1, 0.15) is 13.1 Å². The molecule has 0 aliphatic rings. The van der Waals surface area contributed by atoms with Crippen molar-refractivity contribution >= 4 is 21.5 Å². The van der Waals surface area contributed by atoms with Crippen molar-refractivity contribution in [2.24, 2.45) is 0 Å². The van der Waals surface area contributed by atoms with Gasteiger partial charge in [-0.3, -0.25) is 0 Å². The van der Waals surface area contributed by atoms with E-state index in [2.05, 4.69) is 94.6 Å². The maximum atomic E-state index is 2.35. The number of hydrogen-bond acceptors (Lipinski definition) is 0. The van der Waals surface area contributed by atoms with E-state index in [0.29, 0.717) is 0 Å². The molecule has 2 aromatic carbocycles. The summed E-state index contributed by atoms with van der Waals surface area (Å²) in [6.07, 6.45) is 30.0. The Morgan fingerprint density at radius 1 is 0.324 bits per heavy atom. The largest absolute Gasteiger partial charge is 0.205 e. The molecule has 0 atom stereocenters. The number of pyridine rings is 2. The lowest BCUT2D eigenvalue weighted by Crippen LogP contribution is -2.32. The third-order valence-electron chi connectivity index (χ3n) is 7.83. The minimum atomic E-state index is 1.15. The molecule has 2 nitrogen and oxygen atoms in total. The minimum absolute atomic E-state index is 1.15. The monoisotopic (exact) mass is 496 g/mol. The summed E-state index contributed by atoms with van der Waals surface area (Å²) in [5.74, 6) is 0. The summed E-state index contributed by atoms with van der Waals surface area (Å²) in [6, 6.07) is 21.8. The van der Waals surface area contributed by atoms with Crippen molar-refractivity contribution in [2.45, 2.75) is 109 Å². The standard InChI is InChI=1S/C35H48N2/c1(2-4-6-8-10-12-18-26-36-28-24-32-20-14-16-22-34(32)30-36)3-5-7-9-11-13-19-27-37-29-25-33-21-15-17-23-35(33)31-37/h14-17,20-25,28-31H,1-13,18-19,26-27H2/q+2. The molecule has 0 fully saturated rings. The number of unbranched alkanes of at least 4 members (excludes halogenated alkanes) is 14. The molecule has 37 heavy (non-hydrogen) atoms. The first-order chi connectivity index (χ1) is 18.4. The lowest BCUT2D eigenvalue weighted by molar-refractivity contribution is -0.696. The fraction of sp³-hybridized carbons (Fsp3) is 0.486. The molecule has 4 aromatic rings. The van der Waals surface area contributed by atoms with Crippen LogP contribution in [-0.2, 0) is 13.1 Å². The molecule has 0 spiro atoms. The average molecular weight is 497 g/mol. The molecule has 0 N–H and O–H groups in total. The van der Waals surface area contributed by atoms with Gasteiger partial charge in [-0.25, -0.2) is 9.13 Å². The Morgan fingerprint density at radius 2 is 0.622 bits per heavy atom. The molecule has 0 unspecified atom stereocenters. The van der Waals surface area contributed by atoms with Gasteiger partial charge in [-0.05, 0) is 35.7 Å². The van der Waals surface area contributed by atoms with Crippen LogP contribution in [0.3, 0.4) is 0 Å². The number of hydrogen-bond donors (Lipinski definition) is 0. The molecule has 2 heteroatoms. The highest BCUT2D eigenvalue weighted by molar-refractivity contribution is 5.80. The highest BCUT2D eigenvalue weighted by Crippen LogP contribution is 2.14. The zero-order valence-corrected chi connectivity index (χ0v) is 23.0. The maximum absolute atomic E-state index is 2.35. The van der Waals surface area contributed by atoms with Gasteiger partial charge in [-0.1, -0.05) is 107 Å². The Bertz CT molecular complexity index is 1090. The first kappa shape index (κ1) is 27.3. The van der Waals surface area contributed by atoms with Crippen molar-refractivity contribution < 1.29 is 9.13 Å². The van der Waals surface area contributed by atoms with Gasteiger partial charge in [-0.2, -0.15) is 0 Å². The summed E-state index contributed by atoms with van der Waals surface area (Å²) < 4.78 is 4.71. The van der Waals surface area contributed by atoms with Crippen LogP contribution in [0.4, 0.5) is 0 Å². The van der Waals surface area contributed by atoms with Gasteiger partial charge >= 0.3 is 0 Å². The van der Waals surface area contributed by atoms with Gasteiger partial charge in [-0.15, -0.1) is 0 Å². The van der Waals surface area contributed by atoms with E-state index in [4.69, 9.17) is 0 Å². The van der Waals surface area contributed by atoms with Crippen molar-refractivity contribution in [3.63, 3.8) is 0 Å². The predicted molar refractivity (Wildman–Crippen MR) is 158 cm³/mol. The van der Waals surface area contributed by atoms with E-state index in [0.717, 1.165) is 13.1 Å². The Hall–Kier alpha value is -2.74. The second kappa shape index (κ2) is 16.2. The zero-order valence-electron chi connectivity index (χ0n) is 23.0. The molecule has 0 saturated heterocycles. The SMILES string of the molecule is c1ccc2c[n+](CCCCCCCCCCCCCCCCC[n+]3ccc4ccccc4c3)ccc2c1. The van der Waals surface area contributed by atoms with E-state index in [-0.39, 0.29) is 0 Å². The molecule has 2 aromatic heterocycles. The van der Waals surface area contributed by atoms with Crippen LogP contribution in [0.15, 0.2) is 85.5 Å². The van der Waals surface area contributed by atoms with Gasteiger partial charge in [0.15, 0.2) is 24.8 Å². The van der Waals surface area contributed by atoms with Crippen LogP contribution < -0.4 is 9.13 Å². The van der Waals surface area contributed by atoms with E-state index in [9.17, 15) is 0 Å². The van der Waals surface area contributed by atoms with Crippen LogP contribution in [0.5, 0.6) is 0 Å². The molecule has 4 rings (SSSR count). The first-order valence-electron chi connectivity index (χ1n) is 15.1. The fourth-order valence-corrected chi connectivity index (χ4v) is 5.52. The third kappa shape index (κ3) is 9.91. The molecule has 0 bridgehead atoms. The minimum Gasteiger partial charge on any atom is -0.205 e. The van der Waals surface area contributed by atoms with Gasteiger partial charge in [0.05, 0.1) is 0 Å². The summed E-state index contributed by atoms with van der Waals surface area (Å²) in [5, 5.41) is 5.36. The summed E-state index contributed by atoms with van der Waals surface area (Å²) in [5.41, 5.74) is 0. The number of benzene rings is 2. The summed E-state index contributed by atoms with van der Waals surface area (Å²) in [4.78, 5) is 0. The van der Waals surface area contributed by atoms with E-state index in [1.54, 1.807) is 0 Å². The second-order valence-corrected chi connectivity index (χ2v) is 10.9. The highest BCUT2D eigenvalue weighted by atomic mass is 14.9. The molecule has 0 radical (unpaired) electrons. The molecule has 0 saturated carbocycles. The van der Waals surface area contributed by atoms with Crippen LogP contribution in [-0.4, -0.2) is 0 Å². The lowest BCUT2D eigenvalue weighted by Gasteiger charge is -2.04. The third-order valence-corrected chi connectivity index (χ3v) is 7.83. The topological polar surface area (TPSA) is 7.76 Å².